The number of anilines is 2. The molecule has 0 saturated heterocycles. The Labute approximate surface area is 269 Å². The molecule has 16 heteroatoms. The molecule has 2 heterocycles. The second kappa shape index (κ2) is 14.6. The molecule has 5 rings (SSSR count). The minimum absolute atomic E-state index is 0.0818. The average Bonchev–Trinajstić information content (AvgIpc) is 3.02. The van der Waals surface area contributed by atoms with Crippen molar-refractivity contribution in [2.24, 2.45) is 0 Å². The summed E-state index contributed by atoms with van der Waals surface area (Å²) in [6.07, 6.45) is -6.34. The summed E-state index contributed by atoms with van der Waals surface area (Å²) in [4.78, 5) is 24.9. The molecule has 0 spiro atoms. The van der Waals surface area contributed by atoms with Crippen LogP contribution in [0.3, 0.4) is 0 Å². The van der Waals surface area contributed by atoms with Crippen molar-refractivity contribution in [3.05, 3.63) is 95.3 Å². The molecule has 10 nitrogen and oxygen atoms in total. The Balaban J connectivity index is 1.09. The van der Waals surface area contributed by atoms with E-state index in [-0.39, 0.29) is 47.8 Å². The van der Waals surface area contributed by atoms with Gasteiger partial charge in [-0.2, -0.15) is 10.2 Å². The minimum atomic E-state index is -4.80. The van der Waals surface area contributed by atoms with Gasteiger partial charge in [-0.1, -0.05) is 30.7 Å². The number of rotatable bonds is 10. The third kappa shape index (κ3) is 10.4. The van der Waals surface area contributed by atoms with Crippen LogP contribution >= 0.6 is 0 Å². The number of alkyl halides is 6. The Morgan fingerprint density at radius 2 is 1.00 bits per heavy atom. The summed E-state index contributed by atoms with van der Waals surface area (Å²) in [5.74, 6) is -0.917. The van der Waals surface area contributed by atoms with Crippen molar-refractivity contribution in [1.82, 2.24) is 20.4 Å². The molecule has 0 unspecified atom stereocenters. The highest BCUT2D eigenvalue weighted by molar-refractivity contribution is 5.91. The van der Waals surface area contributed by atoms with Crippen LogP contribution in [0.4, 0.5) is 38.0 Å². The third-order valence-electron chi connectivity index (χ3n) is 7.46. The Morgan fingerprint density at radius 1 is 0.604 bits per heavy atom. The van der Waals surface area contributed by atoms with E-state index in [1.54, 1.807) is 24.3 Å². The zero-order chi connectivity index (χ0) is 34.3. The fourth-order valence-electron chi connectivity index (χ4n) is 5.34. The third-order valence-corrected chi connectivity index (χ3v) is 7.46. The first-order chi connectivity index (χ1) is 22.8. The molecule has 1 aliphatic rings. The Kier molecular flexibility index (Phi) is 10.4. The summed E-state index contributed by atoms with van der Waals surface area (Å²) in [6.45, 7) is 0. The van der Waals surface area contributed by atoms with Crippen molar-refractivity contribution < 1.29 is 45.4 Å². The smallest absolute Gasteiger partial charge is 0.406 e. The van der Waals surface area contributed by atoms with Gasteiger partial charge in [0.15, 0.2) is 11.6 Å². The number of hydrogen-bond donors (Lipinski definition) is 2. The monoisotopic (exact) mass is 674 g/mol. The first kappa shape index (κ1) is 34.1. The van der Waals surface area contributed by atoms with Crippen LogP contribution < -0.4 is 20.1 Å². The van der Waals surface area contributed by atoms with Gasteiger partial charge in [0, 0.05) is 11.8 Å². The molecule has 2 N–H and O–H groups in total. The van der Waals surface area contributed by atoms with Crippen molar-refractivity contribution in [1.29, 1.82) is 0 Å². The first-order valence-electron chi connectivity index (χ1n) is 14.7. The van der Waals surface area contributed by atoms with E-state index >= 15 is 0 Å². The minimum Gasteiger partial charge on any atom is -0.406 e. The topological polar surface area (TPSA) is 128 Å². The maximum Gasteiger partial charge on any atom is 0.573 e. The van der Waals surface area contributed by atoms with Crippen molar-refractivity contribution in [2.45, 2.75) is 63.1 Å². The van der Waals surface area contributed by atoms with Crippen LogP contribution in [0.1, 0.15) is 60.0 Å². The van der Waals surface area contributed by atoms with Crippen LogP contribution in [0.5, 0.6) is 11.5 Å². The Morgan fingerprint density at radius 3 is 1.33 bits per heavy atom. The molecule has 252 valence electrons. The second-order valence-corrected chi connectivity index (χ2v) is 11.1. The van der Waals surface area contributed by atoms with Crippen molar-refractivity contribution >= 4 is 23.5 Å². The number of hydrogen-bond acceptors (Lipinski definition) is 8. The van der Waals surface area contributed by atoms with Gasteiger partial charge in [-0.05, 0) is 78.9 Å². The maximum atomic E-state index is 12.4. The lowest BCUT2D eigenvalue weighted by Gasteiger charge is -2.28. The number of nitrogens with zero attached hydrogens (tertiary/aromatic N) is 4. The van der Waals surface area contributed by atoms with Crippen LogP contribution in [-0.4, -0.2) is 44.9 Å². The van der Waals surface area contributed by atoms with Gasteiger partial charge in [0.1, 0.15) is 11.5 Å². The van der Waals surface area contributed by atoms with Gasteiger partial charge >= 0.3 is 12.7 Å². The summed E-state index contributed by atoms with van der Waals surface area (Å²) in [6, 6.07) is 16.9. The van der Waals surface area contributed by atoms with E-state index in [4.69, 9.17) is 0 Å². The largest absolute Gasteiger partial charge is 0.573 e. The molecule has 2 amide bonds. The quantitative estimate of drug-likeness (QED) is 0.175. The number of amides is 2. The Bertz CT molecular complexity index is 1560. The van der Waals surface area contributed by atoms with Crippen LogP contribution in [0, 0.1) is 0 Å². The van der Waals surface area contributed by atoms with E-state index in [0.717, 1.165) is 61.3 Å². The molecule has 4 aromatic rings. The summed E-state index contributed by atoms with van der Waals surface area (Å²) >= 11 is 0. The van der Waals surface area contributed by atoms with E-state index in [0.29, 0.717) is 11.1 Å². The van der Waals surface area contributed by atoms with Crippen molar-refractivity contribution in [3.8, 4) is 11.5 Å². The molecule has 0 aliphatic heterocycles. The number of halogens is 6. The first-order valence-corrected chi connectivity index (χ1v) is 14.7. The van der Waals surface area contributed by atoms with E-state index in [1.807, 2.05) is 0 Å². The molecule has 2 aromatic carbocycles. The molecule has 0 radical (unpaired) electrons. The number of benzene rings is 2. The SMILES string of the molecule is O=C(Cc1ccc(OC(F)(F)F)cc1)Nc1ccc([C@H]2CCC[C@H](c3ccc(NC(=O)Cc4ccc(OC(F)(F)F)cc4)nn3)C2)nn1. The summed E-state index contributed by atoms with van der Waals surface area (Å²) in [5.41, 5.74) is 2.50. The zero-order valence-electron chi connectivity index (χ0n) is 25.0. The van der Waals surface area contributed by atoms with Crippen LogP contribution in [0.2, 0.25) is 0 Å². The van der Waals surface area contributed by atoms with E-state index in [1.165, 1.54) is 24.3 Å². The molecule has 48 heavy (non-hydrogen) atoms. The van der Waals surface area contributed by atoms with Gasteiger partial charge in [0.25, 0.3) is 0 Å². The Hall–Kier alpha value is -5.28. The molecule has 1 fully saturated rings. The second-order valence-electron chi connectivity index (χ2n) is 11.1. The number of aromatic nitrogens is 4. The van der Waals surface area contributed by atoms with Gasteiger partial charge in [-0.15, -0.1) is 36.5 Å². The summed E-state index contributed by atoms with van der Waals surface area (Å²) < 4.78 is 81.7. The molecule has 2 atom stereocenters. The van der Waals surface area contributed by atoms with Gasteiger partial charge in [-0.25, -0.2) is 0 Å². The zero-order valence-corrected chi connectivity index (χ0v) is 25.0. The lowest BCUT2D eigenvalue weighted by Crippen LogP contribution is -2.19. The fraction of sp³-hybridized carbons (Fsp3) is 0.312. The number of carbonyl (C=O) groups is 2. The van der Waals surface area contributed by atoms with Crippen molar-refractivity contribution in [3.63, 3.8) is 0 Å². The summed E-state index contributed by atoms with van der Waals surface area (Å²) in [5, 5.41) is 22.1. The van der Waals surface area contributed by atoms with Gasteiger partial charge < -0.3 is 20.1 Å². The van der Waals surface area contributed by atoms with Crippen LogP contribution in [0.25, 0.3) is 0 Å². The van der Waals surface area contributed by atoms with E-state index < -0.39 is 24.5 Å². The highest BCUT2D eigenvalue weighted by Crippen LogP contribution is 2.40. The van der Waals surface area contributed by atoms with Crippen LogP contribution in [0.15, 0.2) is 72.8 Å². The maximum absolute atomic E-state index is 12.4. The predicted octanol–water partition coefficient (Wildman–Crippen LogP) is 6.87. The van der Waals surface area contributed by atoms with Gasteiger partial charge in [0.2, 0.25) is 11.8 Å². The molecule has 1 aliphatic carbocycles. The van der Waals surface area contributed by atoms with E-state index in [2.05, 4.69) is 40.5 Å². The number of ether oxygens (including phenoxy) is 2. The van der Waals surface area contributed by atoms with E-state index in [9.17, 15) is 35.9 Å². The molecular weight excluding hydrogens is 646 g/mol. The van der Waals surface area contributed by atoms with Crippen LogP contribution in [-0.2, 0) is 22.4 Å². The van der Waals surface area contributed by atoms with Gasteiger partial charge in [-0.3, -0.25) is 9.59 Å². The van der Waals surface area contributed by atoms with Crippen molar-refractivity contribution in [2.75, 3.05) is 10.6 Å². The predicted molar refractivity (Wildman–Crippen MR) is 159 cm³/mol. The fourth-order valence-corrected chi connectivity index (χ4v) is 5.34. The van der Waals surface area contributed by atoms with Gasteiger partial charge in [0.05, 0.1) is 24.2 Å². The highest BCUT2D eigenvalue weighted by atomic mass is 19.4. The number of nitrogens with one attached hydrogen (secondary N) is 2. The standard InChI is InChI=1S/C32H28F6N6O4/c33-31(34,35)47-23-8-4-19(5-9-23)16-29(45)39-27-14-12-25(41-43-27)21-2-1-3-22(18-21)26-13-15-28(44-42-26)40-30(46)17-20-6-10-24(11-7-20)48-32(36,37)38/h4-15,21-22H,1-3,16-18H2,(H,39,43,45)(H,40,44,46)/t21-,22-/m0/s1. The average molecular weight is 675 g/mol. The lowest BCUT2D eigenvalue weighted by molar-refractivity contribution is -0.275. The normalized spacial score (nSPS) is 16.5. The molecule has 2 aromatic heterocycles. The molecular formula is C32H28F6N6O4. The highest BCUT2D eigenvalue weighted by Gasteiger charge is 2.32. The summed E-state index contributed by atoms with van der Waals surface area (Å²) in [7, 11) is 0. The molecule has 0 bridgehead atoms. The molecule has 1 saturated carbocycles. The number of carbonyl (C=O) groups excluding carboxylic acids is 2. The lowest BCUT2D eigenvalue weighted by atomic mass is 9.78.